The average molecular weight is 181 g/mol. The summed E-state index contributed by atoms with van der Waals surface area (Å²) < 4.78 is 1.78. The van der Waals surface area contributed by atoms with E-state index in [0.29, 0.717) is 12.4 Å². The summed E-state index contributed by atoms with van der Waals surface area (Å²) >= 11 is 0. The maximum absolute atomic E-state index is 11.3. The molecule has 0 saturated carbocycles. The average Bonchev–Trinajstić information content (AvgIpc) is 2.48. The van der Waals surface area contributed by atoms with Gasteiger partial charge in [-0.3, -0.25) is 10.1 Å². The van der Waals surface area contributed by atoms with Gasteiger partial charge in [0.1, 0.15) is 0 Å². The van der Waals surface area contributed by atoms with Crippen molar-refractivity contribution in [2.45, 2.75) is 26.2 Å². The molecule has 0 saturated heterocycles. The van der Waals surface area contributed by atoms with Crippen LogP contribution < -0.4 is 5.32 Å². The zero-order valence-electron chi connectivity index (χ0n) is 8.08. The number of aromatic nitrogens is 2. The molecule has 0 aliphatic carbocycles. The van der Waals surface area contributed by atoms with E-state index in [-0.39, 0.29) is 5.91 Å². The molecule has 1 aromatic rings. The molecular weight excluding hydrogens is 166 g/mol. The third-order valence-electron chi connectivity index (χ3n) is 1.83. The SMILES string of the molecule is CCCCC(=O)Nc1nccn1C. The molecular formula is C9H15N3O. The first-order chi connectivity index (χ1) is 6.24. The van der Waals surface area contributed by atoms with Crippen LogP contribution in [0, 0.1) is 0 Å². The van der Waals surface area contributed by atoms with Crippen LogP contribution in [0.4, 0.5) is 5.95 Å². The highest BCUT2D eigenvalue weighted by atomic mass is 16.1. The number of anilines is 1. The molecule has 0 unspecified atom stereocenters. The molecule has 0 aromatic carbocycles. The van der Waals surface area contributed by atoms with Crippen LogP contribution in [0.1, 0.15) is 26.2 Å². The van der Waals surface area contributed by atoms with Crippen molar-refractivity contribution in [1.82, 2.24) is 9.55 Å². The summed E-state index contributed by atoms with van der Waals surface area (Å²) in [6.45, 7) is 2.06. The number of amides is 1. The minimum absolute atomic E-state index is 0.0381. The molecule has 1 heterocycles. The lowest BCUT2D eigenvalue weighted by Crippen LogP contribution is -2.14. The number of hydrogen-bond acceptors (Lipinski definition) is 2. The molecule has 4 nitrogen and oxygen atoms in total. The summed E-state index contributed by atoms with van der Waals surface area (Å²) in [4.78, 5) is 15.3. The van der Waals surface area contributed by atoms with Gasteiger partial charge >= 0.3 is 0 Å². The Morgan fingerprint density at radius 1 is 1.69 bits per heavy atom. The first-order valence-electron chi connectivity index (χ1n) is 4.51. The summed E-state index contributed by atoms with van der Waals surface area (Å²) in [5.41, 5.74) is 0. The second-order valence-electron chi connectivity index (χ2n) is 3.01. The smallest absolute Gasteiger partial charge is 0.226 e. The van der Waals surface area contributed by atoms with Crippen molar-refractivity contribution in [3.8, 4) is 0 Å². The number of carbonyl (C=O) groups is 1. The number of rotatable bonds is 4. The third kappa shape index (κ3) is 2.89. The monoisotopic (exact) mass is 181 g/mol. The summed E-state index contributed by atoms with van der Waals surface area (Å²) in [6.07, 6.45) is 6.00. The van der Waals surface area contributed by atoms with E-state index in [9.17, 15) is 4.79 Å². The standard InChI is InChI=1S/C9H15N3O/c1-3-4-5-8(13)11-9-10-6-7-12(9)2/h6-7H,3-5H2,1-2H3,(H,10,11,13). The molecule has 1 aromatic heterocycles. The van der Waals surface area contributed by atoms with E-state index in [1.54, 1.807) is 17.0 Å². The van der Waals surface area contributed by atoms with Crippen LogP contribution in [-0.2, 0) is 11.8 Å². The third-order valence-corrected chi connectivity index (χ3v) is 1.83. The van der Waals surface area contributed by atoms with Crippen molar-refractivity contribution in [3.05, 3.63) is 12.4 Å². The molecule has 1 N–H and O–H groups in total. The molecule has 0 fully saturated rings. The van der Waals surface area contributed by atoms with E-state index in [2.05, 4.69) is 17.2 Å². The maximum Gasteiger partial charge on any atom is 0.226 e. The minimum Gasteiger partial charge on any atom is -0.320 e. The molecule has 0 radical (unpaired) electrons. The lowest BCUT2D eigenvalue weighted by molar-refractivity contribution is -0.116. The molecule has 0 spiro atoms. The molecule has 0 aliphatic rings. The lowest BCUT2D eigenvalue weighted by Gasteiger charge is -2.03. The van der Waals surface area contributed by atoms with Crippen LogP contribution in [0.15, 0.2) is 12.4 Å². The predicted molar refractivity (Wildman–Crippen MR) is 51.4 cm³/mol. The second kappa shape index (κ2) is 4.64. The second-order valence-corrected chi connectivity index (χ2v) is 3.01. The van der Waals surface area contributed by atoms with Crippen LogP contribution in [0.3, 0.4) is 0 Å². The van der Waals surface area contributed by atoms with Gasteiger partial charge in [0.25, 0.3) is 0 Å². The van der Waals surface area contributed by atoms with E-state index in [0.717, 1.165) is 12.8 Å². The van der Waals surface area contributed by atoms with E-state index in [4.69, 9.17) is 0 Å². The minimum atomic E-state index is 0.0381. The van der Waals surface area contributed by atoms with Gasteiger partial charge in [-0.25, -0.2) is 4.98 Å². The van der Waals surface area contributed by atoms with Gasteiger partial charge in [-0.1, -0.05) is 13.3 Å². The van der Waals surface area contributed by atoms with Crippen LogP contribution in [0.5, 0.6) is 0 Å². The van der Waals surface area contributed by atoms with Gasteiger partial charge in [0.2, 0.25) is 11.9 Å². The topological polar surface area (TPSA) is 46.9 Å². The maximum atomic E-state index is 11.3. The van der Waals surface area contributed by atoms with E-state index < -0.39 is 0 Å². The molecule has 0 atom stereocenters. The zero-order valence-corrected chi connectivity index (χ0v) is 8.08. The van der Waals surface area contributed by atoms with Crippen LogP contribution in [0.2, 0.25) is 0 Å². The molecule has 1 amide bonds. The van der Waals surface area contributed by atoms with Gasteiger partial charge < -0.3 is 4.57 Å². The summed E-state index contributed by atoms with van der Waals surface area (Å²) in [6, 6.07) is 0. The van der Waals surface area contributed by atoms with Gasteiger partial charge in [-0.15, -0.1) is 0 Å². The first-order valence-corrected chi connectivity index (χ1v) is 4.51. The van der Waals surface area contributed by atoms with Gasteiger partial charge in [0, 0.05) is 25.9 Å². The van der Waals surface area contributed by atoms with Crippen molar-refractivity contribution in [2.24, 2.45) is 7.05 Å². The predicted octanol–water partition coefficient (Wildman–Crippen LogP) is 1.55. The van der Waals surface area contributed by atoms with Crippen molar-refractivity contribution >= 4 is 11.9 Å². The Bertz CT molecular complexity index is 280. The van der Waals surface area contributed by atoms with Gasteiger partial charge in [0.05, 0.1) is 0 Å². The van der Waals surface area contributed by atoms with Gasteiger partial charge in [0.15, 0.2) is 0 Å². The normalized spacial score (nSPS) is 10.0. The molecule has 0 aliphatic heterocycles. The highest BCUT2D eigenvalue weighted by Crippen LogP contribution is 2.03. The number of unbranched alkanes of at least 4 members (excludes halogenated alkanes) is 1. The Labute approximate surface area is 78.0 Å². The van der Waals surface area contributed by atoms with Crippen molar-refractivity contribution in [1.29, 1.82) is 0 Å². The molecule has 4 heteroatoms. The highest BCUT2D eigenvalue weighted by Gasteiger charge is 2.03. The van der Waals surface area contributed by atoms with Gasteiger partial charge in [-0.05, 0) is 6.42 Å². The fourth-order valence-corrected chi connectivity index (χ4v) is 1.01. The number of hydrogen-bond donors (Lipinski definition) is 1. The Morgan fingerprint density at radius 3 is 3.00 bits per heavy atom. The highest BCUT2D eigenvalue weighted by molar-refractivity contribution is 5.88. The van der Waals surface area contributed by atoms with E-state index in [1.165, 1.54) is 0 Å². The quantitative estimate of drug-likeness (QED) is 0.766. The van der Waals surface area contributed by atoms with Crippen molar-refractivity contribution < 1.29 is 4.79 Å². The zero-order chi connectivity index (χ0) is 9.68. The van der Waals surface area contributed by atoms with Crippen molar-refractivity contribution in [3.63, 3.8) is 0 Å². The largest absolute Gasteiger partial charge is 0.320 e. The molecule has 0 bridgehead atoms. The van der Waals surface area contributed by atoms with Crippen LogP contribution in [0.25, 0.3) is 0 Å². The van der Waals surface area contributed by atoms with E-state index >= 15 is 0 Å². The van der Waals surface area contributed by atoms with Gasteiger partial charge in [-0.2, -0.15) is 0 Å². The number of nitrogens with zero attached hydrogens (tertiary/aromatic N) is 2. The molecule has 13 heavy (non-hydrogen) atoms. The fraction of sp³-hybridized carbons (Fsp3) is 0.556. The van der Waals surface area contributed by atoms with E-state index in [1.807, 2.05) is 7.05 Å². The Balaban J connectivity index is 2.41. The number of carbonyl (C=O) groups excluding carboxylic acids is 1. The fourth-order valence-electron chi connectivity index (χ4n) is 1.01. The lowest BCUT2D eigenvalue weighted by atomic mass is 10.2. The Morgan fingerprint density at radius 2 is 2.46 bits per heavy atom. The van der Waals surface area contributed by atoms with Crippen LogP contribution in [-0.4, -0.2) is 15.5 Å². The summed E-state index contributed by atoms with van der Waals surface area (Å²) in [5, 5.41) is 2.74. The molecule has 72 valence electrons. The number of nitrogens with one attached hydrogen (secondary N) is 1. The summed E-state index contributed by atoms with van der Waals surface area (Å²) in [7, 11) is 1.85. The van der Waals surface area contributed by atoms with Crippen LogP contribution >= 0.6 is 0 Å². The summed E-state index contributed by atoms with van der Waals surface area (Å²) in [5.74, 6) is 0.650. The molecule has 1 rings (SSSR count). The Hall–Kier alpha value is -1.32. The number of aryl methyl sites for hydroxylation is 1. The Kier molecular flexibility index (Phi) is 3.49. The van der Waals surface area contributed by atoms with Crippen molar-refractivity contribution in [2.75, 3.05) is 5.32 Å². The number of imidazole rings is 1. The first kappa shape index (κ1) is 9.77.